The van der Waals surface area contributed by atoms with Crippen LogP contribution in [0.3, 0.4) is 0 Å². The van der Waals surface area contributed by atoms with Crippen molar-refractivity contribution >= 4 is 11.6 Å². The van der Waals surface area contributed by atoms with Gasteiger partial charge in [-0.15, -0.1) is 0 Å². The van der Waals surface area contributed by atoms with Crippen LogP contribution in [0.1, 0.15) is 32.9 Å². The topological polar surface area (TPSA) is 68.3 Å². The lowest BCUT2D eigenvalue weighted by atomic mass is 10.0. The lowest BCUT2D eigenvalue weighted by Crippen LogP contribution is -2.37. The third-order valence-corrected chi connectivity index (χ3v) is 5.18. The molecule has 140 valence electrons. The van der Waals surface area contributed by atoms with E-state index in [9.17, 15) is 4.79 Å². The average molecular weight is 372 g/mol. The molecule has 7 nitrogen and oxygen atoms in total. The predicted octanol–water partition coefficient (Wildman–Crippen LogP) is 2.48. The summed E-state index contributed by atoms with van der Waals surface area (Å²) in [5, 5.41) is 4.54. The summed E-state index contributed by atoms with van der Waals surface area (Å²) in [5.41, 5.74) is 5.88. The second kappa shape index (κ2) is 6.60. The summed E-state index contributed by atoms with van der Waals surface area (Å²) >= 11 is 0. The van der Waals surface area contributed by atoms with Crippen LogP contribution in [0.2, 0.25) is 0 Å². The zero-order valence-corrected chi connectivity index (χ0v) is 15.6. The van der Waals surface area contributed by atoms with E-state index in [1.807, 2.05) is 63.6 Å². The maximum atomic E-state index is 13.0. The van der Waals surface area contributed by atoms with E-state index >= 15 is 0 Å². The van der Waals surface area contributed by atoms with E-state index < -0.39 is 0 Å². The van der Waals surface area contributed by atoms with Crippen molar-refractivity contribution in [2.45, 2.75) is 26.4 Å². The molecule has 0 N–H and O–H groups in total. The molecule has 5 rings (SSSR count). The molecule has 0 saturated carbocycles. The Balaban J connectivity index is 1.34. The van der Waals surface area contributed by atoms with Crippen LogP contribution in [0.15, 0.2) is 55.2 Å². The summed E-state index contributed by atoms with van der Waals surface area (Å²) in [6.07, 6.45) is 8.13. The van der Waals surface area contributed by atoms with Crippen LogP contribution in [0, 0.1) is 6.92 Å². The van der Waals surface area contributed by atoms with E-state index in [0.717, 1.165) is 41.1 Å². The SMILES string of the molecule is Cc1cc2ncc3c(n2n1)CCN(C(=O)c1ccc(Cn2ccnc2)cc1)C3. The number of amides is 1. The minimum atomic E-state index is 0.0524. The predicted molar refractivity (Wildman–Crippen MR) is 104 cm³/mol. The molecule has 0 spiro atoms. The van der Waals surface area contributed by atoms with Gasteiger partial charge in [-0.25, -0.2) is 14.5 Å². The van der Waals surface area contributed by atoms with Gasteiger partial charge in [0.2, 0.25) is 0 Å². The third kappa shape index (κ3) is 2.94. The maximum absolute atomic E-state index is 13.0. The summed E-state index contributed by atoms with van der Waals surface area (Å²) in [7, 11) is 0. The van der Waals surface area contributed by atoms with Crippen molar-refractivity contribution < 1.29 is 4.79 Å². The van der Waals surface area contributed by atoms with Crippen LogP contribution in [0.25, 0.3) is 5.65 Å². The van der Waals surface area contributed by atoms with Gasteiger partial charge in [-0.05, 0) is 24.6 Å². The zero-order valence-electron chi connectivity index (χ0n) is 15.6. The fourth-order valence-corrected chi connectivity index (χ4v) is 3.75. The van der Waals surface area contributed by atoms with Crippen molar-refractivity contribution in [3.05, 3.63) is 83.3 Å². The number of hydrogen-bond donors (Lipinski definition) is 0. The second-order valence-electron chi connectivity index (χ2n) is 7.19. The Morgan fingerprint density at radius 1 is 1.21 bits per heavy atom. The number of nitrogens with zero attached hydrogens (tertiary/aromatic N) is 6. The largest absolute Gasteiger partial charge is 0.334 e. The first-order valence-corrected chi connectivity index (χ1v) is 9.34. The van der Waals surface area contributed by atoms with Crippen LogP contribution in [0.5, 0.6) is 0 Å². The van der Waals surface area contributed by atoms with Gasteiger partial charge in [0, 0.05) is 61.8 Å². The fourth-order valence-electron chi connectivity index (χ4n) is 3.75. The average Bonchev–Trinajstić information content (AvgIpc) is 3.36. The van der Waals surface area contributed by atoms with Gasteiger partial charge in [-0.2, -0.15) is 5.10 Å². The number of carbonyl (C=O) groups is 1. The highest BCUT2D eigenvalue weighted by atomic mass is 16.2. The standard InChI is InChI=1S/C21H20N6O/c1-15-10-20-23-11-18-13-26(8-6-19(18)27(20)24-15)21(28)17-4-2-16(3-5-17)12-25-9-7-22-14-25/h2-5,7,9-11,14H,6,8,12-13H2,1H3. The van der Waals surface area contributed by atoms with Crippen LogP contribution >= 0.6 is 0 Å². The quantitative estimate of drug-likeness (QED) is 0.554. The van der Waals surface area contributed by atoms with E-state index in [1.54, 1.807) is 12.5 Å². The van der Waals surface area contributed by atoms with Crippen molar-refractivity contribution in [3.8, 4) is 0 Å². The van der Waals surface area contributed by atoms with E-state index in [2.05, 4.69) is 15.1 Å². The minimum absolute atomic E-state index is 0.0524. The second-order valence-corrected chi connectivity index (χ2v) is 7.19. The molecule has 4 heterocycles. The number of carbonyl (C=O) groups excluding carboxylic acids is 1. The zero-order chi connectivity index (χ0) is 19.1. The lowest BCUT2D eigenvalue weighted by molar-refractivity contribution is 0.0732. The van der Waals surface area contributed by atoms with Crippen LogP contribution in [-0.2, 0) is 19.5 Å². The molecule has 1 aromatic carbocycles. The van der Waals surface area contributed by atoms with Crippen molar-refractivity contribution in [1.29, 1.82) is 0 Å². The van der Waals surface area contributed by atoms with Gasteiger partial charge in [-0.3, -0.25) is 4.79 Å². The van der Waals surface area contributed by atoms with Gasteiger partial charge in [0.15, 0.2) is 5.65 Å². The smallest absolute Gasteiger partial charge is 0.254 e. The minimum Gasteiger partial charge on any atom is -0.334 e. The number of aryl methyl sites for hydroxylation is 1. The van der Waals surface area contributed by atoms with Gasteiger partial charge >= 0.3 is 0 Å². The Bertz CT molecular complexity index is 1140. The first-order chi connectivity index (χ1) is 13.7. The molecule has 28 heavy (non-hydrogen) atoms. The molecule has 4 aromatic rings. The Morgan fingerprint density at radius 2 is 2.07 bits per heavy atom. The molecule has 1 aliphatic rings. The molecular weight excluding hydrogens is 352 g/mol. The first kappa shape index (κ1) is 16.7. The number of aromatic nitrogens is 5. The highest BCUT2D eigenvalue weighted by Gasteiger charge is 2.24. The Hall–Kier alpha value is -3.48. The molecule has 0 saturated heterocycles. The van der Waals surface area contributed by atoms with Crippen LogP contribution in [0.4, 0.5) is 0 Å². The van der Waals surface area contributed by atoms with Gasteiger partial charge in [0.25, 0.3) is 5.91 Å². The summed E-state index contributed by atoms with van der Waals surface area (Å²) < 4.78 is 3.92. The molecule has 1 amide bonds. The first-order valence-electron chi connectivity index (χ1n) is 9.34. The van der Waals surface area contributed by atoms with Gasteiger partial charge < -0.3 is 9.47 Å². The van der Waals surface area contributed by atoms with Crippen molar-refractivity contribution in [2.24, 2.45) is 0 Å². The summed E-state index contributed by atoms with van der Waals surface area (Å²) in [5.74, 6) is 0.0524. The van der Waals surface area contributed by atoms with Crippen molar-refractivity contribution in [3.63, 3.8) is 0 Å². The fraction of sp³-hybridized carbons (Fsp3) is 0.238. The molecule has 3 aromatic heterocycles. The summed E-state index contributed by atoms with van der Waals surface area (Å²) in [6.45, 7) is 3.96. The molecule has 0 unspecified atom stereocenters. The molecule has 1 aliphatic heterocycles. The molecule has 0 fully saturated rings. The lowest BCUT2D eigenvalue weighted by Gasteiger charge is -2.29. The highest BCUT2D eigenvalue weighted by molar-refractivity contribution is 5.94. The van der Waals surface area contributed by atoms with Gasteiger partial charge in [0.05, 0.1) is 17.7 Å². The monoisotopic (exact) mass is 372 g/mol. The molecular formula is C21H20N6O. The van der Waals surface area contributed by atoms with E-state index in [0.29, 0.717) is 18.7 Å². The van der Waals surface area contributed by atoms with E-state index in [1.165, 1.54) is 0 Å². The number of imidazole rings is 1. The molecule has 0 aliphatic carbocycles. The number of hydrogen-bond acceptors (Lipinski definition) is 4. The van der Waals surface area contributed by atoms with Crippen molar-refractivity contribution in [2.75, 3.05) is 6.54 Å². The van der Waals surface area contributed by atoms with E-state index in [-0.39, 0.29) is 5.91 Å². The molecule has 0 radical (unpaired) electrons. The molecule has 0 atom stereocenters. The summed E-state index contributed by atoms with van der Waals surface area (Å²) in [6, 6.07) is 9.79. The molecule has 0 bridgehead atoms. The van der Waals surface area contributed by atoms with Crippen molar-refractivity contribution in [1.82, 2.24) is 29.0 Å². The van der Waals surface area contributed by atoms with Crippen LogP contribution in [-0.4, -0.2) is 41.5 Å². The summed E-state index contributed by atoms with van der Waals surface area (Å²) in [4.78, 5) is 23.4. The number of fused-ring (bicyclic) bond motifs is 3. The normalized spacial score (nSPS) is 13.7. The maximum Gasteiger partial charge on any atom is 0.254 e. The van der Waals surface area contributed by atoms with Gasteiger partial charge in [0.1, 0.15) is 0 Å². The van der Waals surface area contributed by atoms with Crippen LogP contribution < -0.4 is 0 Å². The van der Waals surface area contributed by atoms with E-state index in [4.69, 9.17) is 0 Å². The number of benzene rings is 1. The Labute approximate surface area is 162 Å². The Kier molecular flexibility index (Phi) is 3.93. The Morgan fingerprint density at radius 3 is 2.86 bits per heavy atom. The molecule has 7 heteroatoms. The highest BCUT2D eigenvalue weighted by Crippen LogP contribution is 2.21. The van der Waals surface area contributed by atoms with Gasteiger partial charge in [-0.1, -0.05) is 12.1 Å². The number of rotatable bonds is 3. The third-order valence-electron chi connectivity index (χ3n) is 5.18.